The van der Waals surface area contributed by atoms with Gasteiger partial charge in [-0.05, 0) is 29.5 Å². The first kappa shape index (κ1) is 7.41. The summed E-state index contributed by atoms with van der Waals surface area (Å²) in [5, 5.41) is 0. The Morgan fingerprint density at radius 3 is 2.25 bits per heavy atom. The Labute approximate surface area is 72.7 Å². The number of fused-ring (bicyclic) bond motifs is 1. The highest BCUT2D eigenvalue weighted by Crippen LogP contribution is 2.25. The van der Waals surface area contributed by atoms with Crippen molar-refractivity contribution in [1.82, 2.24) is 0 Å². The molecule has 1 aliphatic rings. The first-order chi connectivity index (χ1) is 5.90. The quantitative estimate of drug-likeness (QED) is 0.573. The molecule has 0 bridgehead atoms. The second-order valence-electron chi connectivity index (χ2n) is 3.13. The summed E-state index contributed by atoms with van der Waals surface area (Å²) < 4.78 is 4.99. The normalized spacial score (nSPS) is 14.2. The van der Waals surface area contributed by atoms with Crippen LogP contribution in [0.5, 0.6) is 0 Å². The molecule has 0 aromatic heterocycles. The van der Waals surface area contributed by atoms with E-state index in [9.17, 15) is 0 Å². The van der Waals surface area contributed by atoms with Crippen molar-refractivity contribution in [1.29, 1.82) is 0 Å². The molecule has 0 amide bonds. The number of ether oxygens (including phenoxy) is 1. The molecule has 2 rings (SSSR count). The van der Waals surface area contributed by atoms with Crippen molar-refractivity contribution < 1.29 is 4.74 Å². The van der Waals surface area contributed by atoms with Gasteiger partial charge < -0.3 is 4.74 Å². The lowest BCUT2D eigenvalue weighted by atomic mass is 10.1. The van der Waals surface area contributed by atoms with E-state index in [0.29, 0.717) is 0 Å². The SMILES string of the molecule is COC=C1Cc2ccccc2C1. The van der Waals surface area contributed by atoms with Gasteiger partial charge in [-0.3, -0.25) is 0 Å². The summed E-state index contributed by atoms with van der Waals surface area (Å²) in [7, 11) is 1.70. The summed E-state index contributed by atoms with van der Waals surface area (Å²) in [6.07, 6.45) is 3.98. The summed E-state index contributed by atoms with van der Waals surface area (Å²) in [6.45, 7) is 0. The van der Waals surface area contributed by atoms with Crippen LogP contribution in [-0.4, -0.2) is 7.11 Å². The maximum atomic E-state index is 4.99. The zero-order chi connectivity index (χ0) is 8.39. The van der Waals surface area contributed by atoms with Gasteiger partial charge in [0.2, 0.25) is 0 Å². The van der Waals surface area contributed by atoms with Gasteiger partial charge in [-0.25, -0.2) is 0 Å². The molecule has 0 spiro atoms. The van der Waals surface area contributed by atoms with Crippen molar-refractivity contribution in [2.45, 2.75) is 12.8 Å². The van der Waals surface area contributed by atoms with Gasteiger partial charge in [0.05, 0.1) is 13.4 Å². The Hall–Kier alpha value is -1.24. The monoisotopic (exact) mass is 160 g/mol. The molecule has 0 radical (unpaired) electrons. The molecule has 1 heteroatoms. The lowest BCUT2D eigenvalue weighted by Gasteiger charge is -1.92. The number of methoxy groups -OCH3 is 1. The van der Waals surface area contributed by atoms with Crippen LogP contribution in [0.15, 0.2) is 36.1 Å². The molecule has 0 aliphatic heterocycles. The minimum atomic E-state index is 1.06. The highest BCUT2D eigenvalue weighted by atomic mass is 16.5. The fourth-order valence-corrected chi connectivity index (χ4v) is 1.70. The van der Waals surface area contributed by atoms with Crippen molar-refractivity contribution in [3.05, 3.63) is 47.2 Å². The average molecular weight is 160 g/mol. The highest BCUT2D eigenvalue weighted by Gasteiger charge is 2.13. The number of rotatable bonds is 1. The Morgan fingerprint density at radius 1 is 1.17 bits per heavy atom. The minimum Gasteiger partial charge on any atom is -0.504 e. The predicted molar refractivity (Wildman–Crippen MR) is 48.9 cm³/mol. The Bertz CT molecular complexity index is 286. The van der Waals surface area contributed by atoms with Crippen LogP contribution in [-0.2, 0) is 17.6 Å². The summed E-state index contributed by atoms with van der Waals surface area (Å²) >= 11 is 0. The molecule has 0 saturated heterocycles. The zero-order valence-corrected chi connectivity index (χ0v) is 7.21. The van der Waals surface area contributed by atoms with E-state index in [-0.39, 0.29) is 0 Å². The molecule has 1 aromatic rings. The van der Waals surface area contributed by atoms with Crippen LogP contribution in [0.2, 0.25) is 0 Å². The third kappa shape index (κ3) is 1.22. The van der Waals surface area contributed by atoms with Crippen molar-refractivity contribution in [2.75, 3.05) is 7.11 Å². The Morgan fingerprint density at radius 2 is 1.75 bits per heavy atom. The number of hydrogen-bond acceptors (Lipinski definition) is 1. The first-order valence-corrected chi connectivity index (χ1v) is 4.17. The largest absolute Gasteiger partial charge is 0.504 e. The molecule has 0 unspecified atom stereocenters. The third-order valence-electron chi connectivity index (χ3n) is 2.24. The van der Waals surface area contributed by atoms with Gasteiger partial charge in [-0.15, -0.1) is 0 Å². The molecule has 1 aromatic carbocycles. The topological polar surface area (TPSA) is 9.23 Å². The number of hydrogen-bond donors (Lipinski definition) is 0. The average Bonchev–Trinajstić information content (AvgIpc) is 2.47. The smallest absolute Gasteiger partial charge is 0.0823 e. The van der Waals surface area contributed by atoms with Crippen LogP contribution >= 0.6 is 0 Å². The summed E-state index contributed by atoms with van der Waals surface area (Å²) in [5.41, 5.74) is 4.26. The molecule has 0 fully saturated rings. The molecule has 1 aliphatic carbocycles. The van der Waals surface area contributed by atoms with Crippen LogP contribution in [0.3, 0.4) is 0 Å². The van der Waals surface area contributed by atoms with Gasteiger partial charge in [0, 0.05) is 0 Å². The van der Waals surface area contributed by atoms with Crippen molar-refractivity contribution in [2.24, 2.45) is 0 Å². The molecule has 62 valence electrons. The lowest BCUT2D eigenvalue weighted by Crippen LogP contribution is -1.81. The van der Waals surface area contributed by atoms with E-state index in [1.165, 1.54) is 16.7 Å². The fraction of sp³-hybridized carbons (Fsp3) is 0.273. The molecule has 0 N–H and O–H groups in total. The zero-order valence-electron chi connectivity index (χ0n) is 7.21. The lowest BCUT2D eigenvalue weighted by molar-refractivity contribution is 0.333. The third-order valence-corrected chi connectivity index (χ3v) is 2.24. The van der Waals surface area contributed by atoms with E-state index in [1.54, 1.807) is 7.11 Å². The molecular weight excluding hydrogens is 148 g/mol. The van der Waals surface area contributed by atoms with E-state index >= 15 is 0 Å². The van der Waals surface area contributed by atoms with Crippen LogP contribution in [0.4, 0.5) is 0 Å². The molecule has 12 heavy (non-hydrogen) atoms. The van der Waals surface area contributed by atoms with Crippen molar-refractivity contribution >= 4 is 0 Å². The molecule has 1 nitrogen and oxygen atoms in total. The maximum Gasteiger partial charge on any atom is 0.0823 e. The molecule has 0 saturated carbocycles. The van der Waals surface area contributed by atoms with Gasteiger partial charge in [0.15, 0.2) is 0 Å². The van der Waals surface area contributed by atoms with Crippen LogP contribution in [0.25, 0.3) is 0 Å². The second kappa shape index (κ2) is 3.02. The van der Waals surface area contributed by atoms with E-state index in [1.807, 2.05) is 6.26 Å². The Balaban J connectivity index is 2.27. The standard InChI is InChI=1S/C11H12O/c1-12-8-9-6-10-4-2-3-5-11(10)7-9/h2-5,8H,6-7H2,1H3. The molecule has 0 heterocycles. The van der Waals surface area contributed by atoms with Crippen LogP contribution in [0.1, 0.15) is 11.1 Å². The summed E-state index contributed by atoms with van der Waals surface area (Å²) in [6, 6.07) is 8.56. The number of allylic oxidation sites excluding steroid dienone is 1. The van der Waals surface area contributed by atoms with E-state index in [4.69, 9.17) is 4.74 Å². The highest BCUT2D eigenvalue weighted by molar-refractivity contribution is 5.39. The summed E-state index contributed by atoms with van der Waals surface area (Å²) in [5.74, 6) is 0. The van der Waals surface area contributed by atoms with Gasteiger partial charge in [0.1, 0.15) is 0 Å². The second-order valence-corrected chi connectivity index (χ2v) is 3.13. The van der Waals surface area contributed by atoms with Crippen molar-refractivity contribution in [3.8, 4) is 0 Å². The molecule has 0 atom stereocenters. The number of benzene rings is 1. The summed E-state index contributed by atoms with van der Waals surface area (Å²) in [4.78, 5) is 0. The van der Waals surface area contributed by atoms with Gasteiger partial charge in [-0.2, -0.15) is 0 Å². The Kier molecular flexibility index (Phi) is 1.86. The molecular formula is C11H12O. The van der Waals surface area contributed by atoms with Gasteiger partial charge >= 0.3 is 0 Å². The van der Waals surface area contributed by atoms with Crippen molar-refractivity contribution in [3.63, 3.8) is 0 Å². The fourth-order valence-electron chi connectivity index (χ4n) is 1.70. The van der Waals surface area contributed by atoms with E-state index < -0.39 is 0 Å². The van der Waals surface area contributed by atoms with Gasteiger partial charge in [-0.1, -0.05) is 24.3 Å². The maximum absolute atomic E-state index is 4.99. The van der Waals surface area contributed by atoms with Crippen LogP contribution < -0.4 is 0 Å². The first-order valence-electron chi connectivity index (χ1n) is 4.17. The predicted octanol–water partition coefficient (Wildman–Crippen LogP) is 2.32. The van der Waals surface area contributed by atoms with E-state index in [2.05, 4.69) is 24.3 Å². The minimum absolute atomic E-state index is 1.06. The van der Waals surface area contributed by atoms with Crippen LogP contribution in [0, 0.1) is 0 Å². The van der Waals surface area contributed by atoms with E-state index in [0.717, 1.165) is 12.8 Å². The van der Waals surface area contributed by atoms with Gasteiger partial charge in [0.25, 0.3) is 0 Å².